The summed E-state index contributed by atoms with van der Waals surface area (Å²) in [5, 5.41) is 0. The minimum Gasteiger partial charge on any atom is -0.491 e. The van der Waals surface area contributed by atoms with Gasteiger partial charge in [-0.15, -0.1) is 0 Å². The summed E-state index contributed by atoms with van der Waals surface area (Å²) in [4.78, 5) is 16.0. The van der Waals surface area contributed by atoms with Crippen molar-refractivity contribution in [1.82, 2.24) is 9.97 Å². The summed E-state index contributed by atoms with van der Waals surface area (Å²) in [7, 11) is 1.67. The van der Waals surface area contributed by atoms with E-state index in [4.69, 9.17) is 19.2 Å². The monoisotopic (exact) mass is 382 g/mol. The molecule has 1 fully saturated rings. The lowest BCUT2D eigenvalue weighted by Crippen LogP contribution is -2.45. The summed E-state index contributed by atoms with van der Waals surface area (Å²) < 4.78 is 16.7. The normalized spacial score (nSPS) is 21.4. The number of ether oxygens (including phenoxy) is 3. The topological polar surface area (TPSA) is 69.1 Å². The summed E-state index contributed by atoms with van der Waals surface area (Å²) in [5.41, 5.74) is 3.99. The average Bonchev–Trinajstić information content (AvgIpc) is 3.11. The first-order chi connectivity index (χ1) is 13.6. The van der Waals surface area contributed by atoms with E-state index in [0.29, 0.717) is 19.8 Å². The maximum Gasteiger partial charge on any atom is 0.132 e. The number of nitrogens with zero attached hydrogens (tertiary/aromatic N) is 4. The molecule has 0 spiro atoms. The number of aliphatic imine (C=N–C) groups is 1. The van der Waals surface area contributed by atoms with Crippen molar-refractivity contribution >= 4 is 11.5 Å². The van der Waals surface area contributed by atoms with Crippen LogP contribution < -0.4 is 9.64 Å². The summed E-state index contributed by atoms with van der Waals surface area (Å²) in [6, 6.07) is 8.12. The number of benzene rings is 1. The Morgan fingerprint density at radius 1 is 1.11 bits per heavy atom. The standard InChI is InChI=1S/C21H26N4O3/c1-14-11-25(12-15(2)28-14)20-9-19(23-13-24-20)21-18-8-17(27-7-6-26-3)5-4-16(18)10-22-21/h4-5,8-9,13-15H,6-7,10-12H2,1-3H3/t14-,15+. The van der Waals surface area contributed by atoms with Crippen molar-refractivity contribution in [3.05, 3.63) is 47.4 Å². The van der Waals surface area contributed by atoms with Gasteiger partial charge in [0.2, 0.25) is 0 Å². The number of methoxy groups -OCH3 is 1. The lowest BCUT2D eigenvalue weighted by molar-refractivity contribution is -0.00546. The first kappa shape index (κ1) is 18.8. The molecule has 1 aromatic heterocycles. The fraction of sp³-hybridized carbons (Fsp3) is 0.476. The number of hydrogen-bond acceptors (Lipinski definition) is 7. The Bertz CT molecular complexity index is 860. The van der Waals surface area contributed by atoms with Gasteiger partial charge in [-0.2, -0.15) is 0 Å². The Morgan fingerprint density at radius 3 is 2.71 bits per heavy atom. The molecule has 7 heteroatoms. The molecule has 2 atom stereocenters. The van der Waals surface area contributed by atoms with Gasteiger partial charge in [-0.3, -0.25) is 4.99 Å². The van der Waals surface area contributed by atoms with E-state index in [1.807, 2.05) is 18.2 Å². The molecular formula is C21H26N4O3. The lowest BCUT2D eigenvalue weighted by atomic mass is 10.0. The van der Waals surface area contributed by atoms with Crippen LogP contribution in [0.4, 0.5) is 5.82 Å². The number of rotatable bonds is 6. The molecule has 2 aromatic rings. The number of fused-ring (bicyclic) bond motifs is 1. The van der Waals surface area contributed by atoms with Gasteiger partial charge in [0.15, 0.2) is 0 Å². The van der Waals surface area contributed by atoms with Gasteiger partial charge in [0.1, 0.15) is 24.5 Å². The van der Waals surface area contributed by atoms with Crippen molar-refractivity contribution < 1.29 is 14.2 Å². The molecule has 3 heterocycles. The summed E-state index contributed by atoms with van der Waals surface area (Å²) in [6.07, 6.45) is 1.98. The number of anilines is 1. The molecule has 28 heavy (non-hydrogen) atoms. The highest BCUT2D eigenvalue weighted by Crippen LogP contribution is 2.28. The first-order valence-corrected chi connectivity index (χ1v) is 9.66. The highest BCUT2D eigenvalue weighted by molar-refractivity contribution is 6.14. The third-order valence-electron chi connectivity index (χ3n) is 4.94. The van der Waals surface area contributed by atoms with Crippen molar-refractivity contribution in [2.24, 2.45) is 4.99 Å². The van der Waals surface area contributed by atoms with Crippen LogP contribution in [0, 0.1) is 0 Å². The van der Waals surface area contributed by atoms with E-state index in [9.17, 15) is 0 Å². The van der Waals surface area contributed by atoms with Gasteiger partial charge >= 0.3 is 0 Å². The highest BCUT2D eigenvalue weighted by Gasteiger charge is 2.25. The zero-order chi connectivity index (χ0) is 19.5. The second-order valence-electron chi connectivity index (χ2n) is 7.25. The van der Waals surface area contributed by atoms with Gasteiger partial charge in [-0.1, -0.05) is 6.07 Å². The van der Waals surface area contributed by atoms with Gasteiger partial charge < -0.3 is 19.1 Å². The van der Waals surface area contributed by atoms with Crippen molar-refractivity contribution in [2.45, 2.75) is 32.6 Å². The Balaban J connectivity index is 1.57. The van der Waals surface area contributed by atoms with E-state index in [2.05, 4.69) is 34.8 Å². The fourth-order valence-electron chi connectivity index (χ4n) is 3.73. The third kappa shape index (κ3) is 4.00. The molecule has 0 unspecified atom stereocenters. The van der Waals surface area contributed by atoms with Crippen LogP contribution in [0.1, 0.15) is 30.7 Å². The zero-order valence-electron chi connectivity index (χ0n) is 16.6. The van der Waals surface area contributed by atoms with Gasteiger partial charge in [0.05, 0.1) is 36.8 Å². The molecule has 0 aliphatic carbocycles. The van der Waals surface area contributed by atoms with E-state index in [-0.39, 0.29) is 12.2 Å². The Hall–Kier alpha value is -2.51. The molecule has 0 amide bonds. The molecule has 7 nitrogen and oxygen atoms in total. The second kappa shape index (κ2) is 8.24. The van der Waals surface area contributed by atoms with Crippen molar-refractivity contribution in [3.8, 4) is 5.75 Å². The predicted molar refractivity (Wildman–Crippen MR) is 107 cm³/mol. The molecule has 0 N–H and O–H groups in total. The molecule has 0 saturated carbocycles. The number of morpholine rings is 1. The molecule has 4 rings (SSSR count). The maximum atomic E-state index is 5.84. The summed E-state index contributed by atoms with van der Waals surface area (Å²) >= 11 is 0. The van der Waals surface area contributed by atoms with Gasteiger partial charge in [0, 0.05) is 31.8 Å². The van der Waals surface area contributed by atoms with Crippen LogP contribution in [0.5, 0.6) is 5.75 Å². The van der Waals surface area contributed by atoms with E-state index in [0.717, 1.165) is 41.6 Å². The zero-order valence-corrected chi connectivity index (χ0v) is 16.6. The SMILES string of the molecule is COCCOc1ccc2c(c1)C(c1cc(N3C[C@@H](C)O[C@@H](C)C3)ncn1)=NC2. The molecule has 2 aliphatic heterocycles. The van der Waals surface area contributed by atoms with Crippen LogP contribution in [-0.2, 0) is 16.0 Å². The van der Waals surface area contributed by atoms with Crippen LogP contribution in [0.2, 0.25) is 0 Å². The minimum atomic E-state index is 0.179. The van der Waals surface area contributed by atoms with Crippen molar-refractivity contribution in [1.29, 1.82) is 0 Å². The molecule has 0 radical (unpaired) electrons. The van der Waals surface area contributed by atoms with Gasteiger partial charge in [0.25, 0.3) is 0 Å². The Morgan fingerprint density at radius 2 is 1.93 bits per heavy atom. The first-order valence-electron chi connectivity index (χ1n) is 9.66. The largest absolute Gasteiger partial charge is 0.491 e. The third-order valence-corrected chi connectivity index (χ3v) is 4.94. The Kier molecular flexibility index (Phi) is 5.54. The molecule has 2 aliphatic rings. The van der Waals surface area contributed by atoms with Crippen LogP contribution in [0.25, 0.3) is 0 Å². The van der Waals surface area contributed by atoms with E-state index >= 15 is 0 Å². The van der Waals surface area contributed by atoms with Crippen LogP contribution in [0.15, 0.2) is 35.6 Å². The second-order valence-corrected chi connectivity index (χ2v) is 7.25. The molecule has 0 bridgehead atoms. The lowest BCUT2D eigenvalue weighted by Gasteiger charge is -2.36. The van der Waals surface area contributed by atoms with Gasteiger partial charge in [-0.05, 0) is 31.5 Å². The van der Waals surface area contributed by atoms with E-state index in [1.165, 1.54) is 5.56 Å². The maximum absolute atomic E-state index is 5.84. The van der Waals surface area contributed by atoms with Crippen molar-refractivity contribution in [3.63, 3.8) is 0 Å². The van der Waals surface area contributed by atoms with E-state index in [1.54, 1.807) is 13.4 Å². The van der Waals surface area contributed by atoms with E-state index < -0.39 is 0 Å². The van der Waals surface area contributed by atoms with Crippen LogP contribution in [-0.4, -0.2) is 61.3 Å². The fourth-order valence-corrected chi connectivity index (χ4v) is 3.73. The van der Waals surface area contributed by atoms with Crippen LogP contribution >= 0.6 is 0 Å². The summed E-state index contributed by atoms with van der Waals surface area (Å²) in [5.74, 6) is 1.73. The average molecular weight is 382 g/mol. The van der Waals surface area contributed by atoms with Crippen molar-refractivity contribution in [2.75, 3.05) is 38.3 Å². The molecular weight excluding hydrogens is 356 g/mol. The highest BCUT2D eigenvalue weighted by atomic mass is 16.5. The molecule has 1 saturated heterocycles. The Labute approximate surface area is 165 Å². The van der Waals surface area contributed by atoms with Gasteiger partial charge in [-0.25, -0.2) is 9.97 Å². The quantitative estimate of drug-likeness (QED) is 0.715. The minimum absolute atomic E-state index is 0.179. The number of aromatic nitrogens is 2. The predicted octanol–water partition coefficient (Wildman–Crippen LogP) is 2.47. The molecule has 148 valence electrons. The number of hydrogen-bond donors (Lipinski definition) is 0. The molecule has 1 aromatic carbocycles. The summed E-state index contributed by atoms with van der Waals surface area (Å²) in [6.45, 7) is 7.56. The smallest absolute Gasteiger partial charge is 0.132 e. The van der Waals surface area contributed by atoms with Crippen LogP contribution in [0.3, 0.4) is 0 Å².